The van der Waals surface area contributed by atoms with Crippen LogP contribution in [0.25, 0.3) is 0 Å². The molecule has 0 aliphatic heterocycles. The van der Waals surface area contributed by atoms with E-state index in [0.717, 1.165) is 24.0 Å². The van der Waals surface area contributed by atoms with Crippen molar-refractivity contribution in [1.82, 2.24) is 0 Å². The van der Waals surface area contributed by atoms with Gasteiger partial charge in [0.2, 0.25) is 0 Å². The van der Waals surface area contributed by atoms with Crippen LogP contribution in [0.15, 0.2) is 23.8 Å². The molecule has 0 unspecified atom stereocenters. The topological polar surface area (TPSA) is 23.8 Å². The predicted octanol–water partition coefficient (Wildman–Crippen LogP) is 2.81. The van der Waals surface area contributed by atoms with Gasteiger partial charge in [0.05, 0.1) is 6.07 Å². The lowest BCUT2D eigenvalue weighted by Gasteiger charge is -1.93. The number of hydrogen-bond acceptors (Lipinski definition) is 1. The summed E-state index contributed by atoms with van der Waals surface area (Å²) in [6.07, 6.45) is 3.91. The smallest absolute Gasteiger partial charge is 0.0944 e. The summed E-state index contributed by atoms with van der Waals surface area (Å²) in [5.74, 6) is 0. The Morgan fingerprint density at radius 3 is 2.70 bits per heavy atom. The van der Waals surface area contributed by atoms with Gasteiger partial charge in [0.15, 0.2) is 0 Å². The molecule has 0 aromatic heterocycles. The Balaban J connectivity index is 3.90. The lowest BCUT2D eigenvalue weighted by Crippen LogP contribution is -1.76. The van der Waals surface area contributed by atoms with Crippen molar-refractivity contribution in [3.8, 4) is 6.07 Å². The van der Waals surface area contributed by atoms with Gasteiger partial charge in [-0.25, -0.2) is 0 Å². The molecule has 10 heavy (non-hydrogen) atoms. The summed E-state index contributed by atoms with van der Waals surface area (Å²) < 4.78 is 0. The summed E-state index contributed by atoms with van der Waals surface area (Å²) in [5, 5.41) is 8.39. The number of allylic oxidation sites excluding steroid dienone is 3. The standard InChI is InChI=1S/C9H13N/c1-4-5-8(2)6-9(3)7-10/h6H,2,4-5H2,1,3H3/b9-6+. The van der Waals surface area contributed by atoms with Crippen LogP contribution in [0.2, 0.25) is 0 Å². The van der Waals surface area contributed by atoms with Crippen molar-refractivity contribution in [1.29, 1.82) is 5.26 Å². The molecule has 0 aromatic carbocycles. The third kappa shape index (κ3) is 3.91. The van der Waals surface area contributed by atoms with Crippen LogP contribution < -0.4 is 0 Å². The van der Waals surface area contributed by atoms with Crippen molar-refractivity contribution < 1.29 is 0 Å². The second kappa shape index (κ2) is 4.81. The highest BCUT2D eigenvalue weighted by Crippen LogP contribution is 2.05. The molecule has 0 saturated carbocycles. The van der Waals surface area contributed by atoms with E-state index in [1.165, 1.54) is 0 Å². The SMILES string of the molecule is C=C(/C=C(\C)C#N)CCC. The number of nitriles is 1. The Morgan fingerprint density at radius 1 is 1.70 bits per heavy atom. The van der Waals surface area contributed by atoms with Crippen molar-refractivity contribution >= 4 is 0 Å². The molecule has 0 amide bonds. The fourth-order valence-corrected chi connectivity index (χ4v) is 0.732. The molecule has 0 N–H and O–H groups in total. The molecule has 0 aromatic rings. The van der Waals surface area contributed by atoms with Crippen LogP contribution in [0, 0.1) is 11.3 Å². The highest BCUT2D eigenvalue weighted by Gasteiger charge is 1.88. The molecule has 54 valence electrons. The highest BCUT2D eigenvalue weighted by atomic mass is 14.2. The Hall–Kier alpha value is -1.03. The summed E-state index contributed by atoms with van der Waals surface area (Å²) in [5.41, 5.74) is 1.78. The second-order valence-electron chi connectivity index (χ2n) is 2.35. The van der Waals surface area contributed by atoms with E-state index in [1.807, 2.05) is 6.08 Å². The largest absolute Gasteiger partial charge is 0.193 e. The van der Waals surface area contributed by atoms with Gasteiger partial charge in [0.25, 0.3) is 0 Å². The summed E-state index contributed by atoms with van der Waals surface area (Å²) >= 11 is 0. The first-order valence-electron chi connectivity index (χ1n) is 3.47. The van der Waals surface area contributed by atoms with Crippen molar-refractivity contribution in [3.05, 3.63) is 23.8 Å². The molecule has 0 rings (SSSR count). The van der Waals surface area contributed by atoms with Crippen LogP contribution in [0.1, 0.15) is 26.7 Å². The average molecular weight is 135 g/mol. The lowest BCUT2D eigenvalue weighted by atomic mass is 10.1. The van der Waals surface area contributed by atoms with E-state index in [0.29, 0.717) is 0 Å². The molecule has 0 aliphatic carbocycles. The van der Waals surface area contributed by atoms with Crippen molar-refractivity contribution in [2.45, 2.75) is 26.7 Å². The molecule has 1 heteroatoms. The first kappa shape index (κ1) is 8.97. The van der Waals surface area contributed by atoms with Crippen molar-refractivity contribution in [2.75, 3.05) is 0 Å². The van der Waals surface area contributed by atoms with E-state index in [2.05, 4.69) is 19.6 Å². The van der Waals surface area contributed by atoms with E-state index in [-0.39, 0.29) is 0 Å². The number of nitrogens with zero attached hydrogens (tertiary/aromatic N) is 1. The minimum Gasteiger partial charge on any atom is -0.193 e. The fraction of sp³-hybridized carbons (Fsp3) is 0.444. The fourth-order valence-electron chi connectivity index (χ4n) is 0.732. The maximum atomic E-state index is 8.39. The van der Waals surface area contributed by atoms with Crippen LogP contribution in [0.5, 0.6) is 0 Å². The second-order valence-corrected chi connectivity index (χ2v) is 2.35. The number of rotatable bonds is 3. The zero-order valence-corrected chi connectivity index (χ0v) is 6.65. The van der Waals surface area contributed by atoms with Gasteiger partial charge in [-0.05, 0) is 19.4 Å². The van der Waals surface area contributed by atoms with Gasteiger partial charge in [-0.15, -0.1) is 0 Å². The molecular formula is C9H13N. The van der Waals surface area contributed by atoms with Crippen LogP contribution in [0.4, 0.5) is 0 Å². The van der Waals surface area contributed by atoms with E-state index >= 15 is 0 Å². The molecule has 0 heterocycles. The zero-order chi connectivity index (χ0) is 7.98. The van der Waals surface area contributed by atoms with Gasteiger partial charge < -0.3 is 0 Å². The summed E-state index contributed by atoms with van der Waals surface area (Å²) in [6, 6.07) is 2.05. The normalized spacial score (nSPS) is 10.7. The Labute approximate surface area is 62.7 Å². The number of hydrogen-bond donors (Lipinski definition) is 0. The summed E-state index contributed by atoms with van der Waals surface area (Å²) in [4.78, 5) is 0. The van der Waals surface area contributed by atoms with E-state index in [4.69, 9.17) is 5.26 Å². The first-order valence-corrected chi connectivity index (χ1v) is 3.47. The minimum absolute atomic E-state index is 0.735. The van der Waals surface area contributed by atoms with Crippen molar-refractivity contribution in [2.24, 2.45) is 0 Å². The minimum atomic E-state index is 0.735. The van der Waals surface area contributed by atoms with Gasteiger partial charge >= 0.3 is 0 Å². The molecule has 0 atom stereocenters. The van der Waals surface area contributed by atoms with Crippen LogP contribution in [-0.4, -0.2) is 0 Å². The molecule has 0 spiro atoms. The Morgan fingerprint density at radius 2 is 2.30 bits per heavy atom. The van der Waals surface area contributed by atoms with Crippen LogP contribution in [0.3, 0.4) is 0 Å². The van der Waals surface area contributed by atoms with Gasteiger partial charge in [-0.1, -0.05) is 25.5 Å². The Bertz CT molecular complexity index is 181. The van der Waals surface area contributed by atoms with Crippen LogP contribution in [-0.2, 0) is 0 Å². The van der Waals surface area contributed by atoms with E-state index in [9.17, 15) is 0 Å². The average Bonchev–Trinajstić information content (AvgIpc) is 1.88. The molecule has 0 fully saturated rings. The quantitative estimate of drug-likeness (QED) is 0.431. The molecular weight excluding hydrogens is 122 g/mol. The predicted molar refractivity (Wildman–Crippen MR) is 43.4 cm³/mol. The maximum Gasteiger partial charge on any atom is 0.0944 e. The van der Waals surface area contributed by atoms with E-state index < -0.39 is 0 Å². The lowest BCUT2D eigenvalue weighted by molar-refractivity contribution is 0.928. The van der Waals surface area contributed by atoms with Gasteiger partial charge in [0, 0.05) is 5.57 Å². The molecule has 0 aliphatic rings. The third-order valence-electron chi connectivity index (χ3n) is 1.17. The zero-order valence-electron chi connectivity index (χ0n) is 6.65. The van der Waals surface area contributed by atoms with Gasteiger partial charge in [-0.3, -0.25) is 0 Å². The van der Waals surface area contributed by atoms with Gasteiger partial charge in [0.1, 0.15) is 0 Å². The monoisotopic (exact) mass is 135 g/mol. The summed E-state index contributed by atoms with van der Waals surface area (Å²) in [7, 11) is 0. The molecule has 1 nitrogen and oxygen atoms in total. The van der Waals surface area contributed by atoms with E-state index in [1.54, 1.807) is 6.92 Å². The Kier molecular flexibility index (Phi) is 4.32. The highest BCUT2D eigenvalue weighted by molar-refractivity contribution is 5.28. The first-order chi connectivity index (χ1) is 4.70. The molecule has 0 radical (unpaired) electrons. The van der Waals surface area contributed by atoms with Crippen LogP contribution >= 0.6 is 0 Å². The third-order valence-corrected chi connectivity index (χ3v) is 1.17. The summed E-state index contributed by atoms with van der Waals surface area (Å²) in [6.45, 7) is 7.70. The molecule has 0 bridgehead atoms. The van der Waals surface area contributed by atoms with Gasteiger partial charge in [-0.2, -0.15) is 5.26 Å². The van der Waals surface area contributed by atoms with Crippen molar-refractivity contribution in [3.63, 3.8) is 0 Å². The maximum absolute atomic E-state index is 8.39. The molecule has 0 saturated heterocycles.